The molecule has 0 atom stereocenters. The van der Waals surface area contributed by atoms with E-state index in [4.69, 9.17) is 0 Å². The summed E-state index contributed by atoms with van der Waals surface area (Å²) in [6, 6.07) is 0. The first-order valence-electron chi connectivity index (χ1n) is 4.16. The molecule has 1 amide bonds. The monoisotopic (exact) mass is 223 g/mol. The number of methoxy groups -OCH3 is 1. The highest BCUT2D eigenvalue weighted by atomic mass is 32.2. The Morgan fingerprint density at radius 3 is 2.29 bits per heavy atom. The zero-order valence-corrected chi connectivity index (χ0v) is 9.77. The number of ether oxygens (including phenoxy) is 1. The highest BCUT2D eigenvalue weighted by molar-refractivity contribution is 7.92. The van der Waals surface area contributed by atoms with Crippen LogP contribution in [0.25, 0.3) is 0 Å². The molecular weight excluding hydrogens is 206 g/mol. The van der Waals surface area contributed by atoms with Crippen LogP contribution in [0.1, 0.15) is 13.8 Å². The SMILES string of the molecule is COCC(=O)NCC(C)(C)S(C)(=O)=O. The Morgan fingerprint density at radius 2 is 1.93 bits per heavy atom. The molecule has 14 heavy (non-hydrogen) atoms. The average Bonchev–Trinajstić information content (AvgIpc) is 1.99. The van der Waals surface area contributed by atoms with Gasteiger partial charge in [-0.2, -0.15) is 0 Å². The van der Waals surface area contributed by atoms with Crippen LogP contribution in [0.2, 0.25) is 0 Å². The van der Waals surface area contributed by atoms with Gasteiger partial charge in [-0.15, -0.1) is 0 Å². The van der Waals surface area contributed by atoms with Crippen LogP contribution in [0.5, 0.6) is 0 Å². The lowest BCUT2D eigenvalue weighted by Crippen LogP contribution is -2.44. The summed E-state index contributed by atoms with van der Waals surface area (Å²) >= 11 is 0. The maximum absolute atomic E-state index is 11.2. The Hall–Kier alpha value is -0.620. The van der Waals surface area contributed by atoms with Gasteiger partial charge in [0.1, 0.15) is 6.61 Å². The Balaban J connectivity index is 4.20. The van der Waals surface area contributed by atoms with Crippen LogP contribution in [-0.2, 0) is 19.4 Å². The van der Waals surface area contributed by atoms with Crippen LogP contribution in [0, 0.1) is 0 Å². The number of carbonyl (C=O) groups excluding carboxylic acids is 1. The first kappa shape index (κ1) is 13.4. The van der Waals surface area contributed by atoms with Gasteiger partial charge in [-0.25, -0.2) is 8.42 Å². The minimum absolute atomic E-state index is 0.0557. The molecule has 5 nitrogen and oxygen atoms in total. The van der Waals surface area contributed by atoms with Gasteiger partial charge in [0.05, 0.1) is 4.75 Å². The summed E-state index contributed by atoms with van der Waals surface area (Å²) in [5.74, 6) is -0.316. The number of amides is 1. The van der Waals surface area contributed by atoms with E-state index in [-0.39, 0.29) is 19.1 Å². The molecule has 0 aliphatic rings. The summed E-state index contributed by atoms with van der Waals surface area (Å²) in [7, 11) is -1.76. The van der Waals surface area contributed by atoms with E-state index in [0.717, 1.165) is 6.26 Å². The third-order valence-corrected chi connectivity index (χ3v) is 4.14. The quantitative estimate of drug-likeness (QED) is 0.686. The van der Waals surface area contributed by atoms with E-state index in [9.17, 15) is 13.2 Å². The van der Waals surface area contributed by atoms with Crippen molar-refractivity contribution >= 4 is 15.7 Å². The molecule has 0 saturated heterocycles. The van der Waals surface area contributed by atoms with Crippen LogP contribution >= 0.6 is 0 Å². The van der Waals surface area contributed by atoms with Crippen molar-refractivity contribution in [1.29, 1.82) is 0 Å². The number of sulfone groups is 1. The molecule has 0 rings (SSSR count). The van der Waals surface area contributed by atoms with Crippen LogP contribution in [0.4, 0.5) is 0 Å². The summed E-state index contributed by atoms with van der Waals surface area (Å²) < 4.78 is 26.1. The lowest BCUT2D eigenvalue weighted by molar-refractivity contribution is -0.124. The number of hydrogen-bond donors (Lipinski definition) is 1. The van der Waals surface area contributed by atoms with Crippen molar-refractivity contribution in [1.82, 2.24) is 5.32 Å². The van der Waals surface area contributed by atoms with Gasteiger partial charge in [0, 0.05) is 19.9 Å². The average molecular weight is 223 g/mol. The van der Waals surface area contributed by atoms with Crippen molar-refractivity contribution in [3.63, 3.8) is 0 Å². The van der Waals surface area contributed by atoms with Crippen LogP contribution in [-0.4, -0.2) is 45.6 Å². The number of carbonyl (C=O) groups is 1. The molecule has 0 fully saturated rings. The van der Waals surface area contributed by atoms with Gasteiger partial charge in [-0.1, -0.05) is 0 Å². The highest BCUT2D eigenvalue weighted by Gasteiger charge is 2.30. The second-order valence-electron chi connectivity index (χ2n) is 3.74. The van der Waals surface area contributed by atoms with E-state index in [2.05, 4.69) is 10.1 Å². The molecule has 0 bridgehead atoms. The summed E-state index contributed by atoms with van der Waals surface area (Å²) in [5, 5.41) is 2.49. The van der Waals surface area contributed by atoms with Gasteiger partial charge in [-0.05, 0) is 13.8 Å². The van der Waals surface area contributed by atoms with Gasteiger partial charge in [-0.3, -0.25) is 4.79 Å². The summed E-state index contributed by atoms with van der Waals surface area (Å²) in [6.07, 6.45) is 1.15. The molecule has 0 spiro atoms. The van der Waals surface area contributed by atoms with Crippen LogP contribution in [0.15, 0.2) is 0 Å². The molecule has 0 saturated carbocycles. The van der Waals surface area contributed by atoms with Gasteiger partial charge >= 0.3 is 0 Å². The first-order valence-corrected chi connectivity index (χ1v) is 6.05. The van der Waals surface area contributed by atoms with E-state index in [1.165, 1.54) is 7.11 Å². The predicted octanol–water partition coefficient (Wildman–Crippen LogP) is -0.428. The molecule has 6 heteroatoms. The van der Waals surface area contributed by atoms with E-state index in [1.807, 2.05) is 0 Å². The molecule has 0 aromatic carbocycles. The lowest BCUT2D eigenvalue weighted by atomic mass is 10.2. The smallest absolute Gasteiger partial charge is 0.246 e. The molecule has 0 heterocycles. The van der Waals surface area contributed by atoms with Crippen molar-refractivity contribution in [2.75, 3.05) is 26.5 Å². The van der Waals surface area contributed by atoms with Crippen molar-refractivity contribution < 1.29 is 17.9 Å². The maximum Gasteiger partial charge on any atom is 0.246 e. The van der Waals surface area contributed by atoms with Gasteiger partial charge < -0.3 is 10.1 Å². The molecule has 0 radical (unpaired) electrons. The van der Waals surface area contributed by atoms with Crippen molar-refractivity contribution in [3.05, 3.63) is 0 Å². The molecule has 0 aliphatic heterocycles. The molecule has 84 valence electrons. The van der Waals surface area contributed by atoms with Crippen molar-refractivity contribution in [3.8, 4) is 0 Å². The van der Waals surface area contributed by atoms with E-state index in [1.54, 1.807) is 13.8 Å². The molecular formula is C8H17NO4S. The second kappa shape index (κ2) is 4.75. The van der Waals surface area contributed by atoms with Gasteiger partial charge in [0.25, 0.3) is 0 Å². The highest BCUT2D eigenvalue weighted by Crippen LogP contribution is 2.12. The first-order chi connectivity index (χ1) is 6.20. The molecule has 1 N–H and O–H groups in total. The largest absolute Gasteiger partial charge is 0.375 e. The standard InChI is InChI=1S/C8H17NO4S/c1-8(2,14(4,11)12)6-9-7(10)5-13-3/h5-6H2,1-4H3,(H,9,10). The second-order valence-corrected chi connectivity index (χ2v) is 6.39. The zero-order chi connectivity index (χ0) is 11.4. The van der Waals surface area contributed by atoms with Crippen molar-refractivity contribution in [2.24, 2.45) is 0 Å². The zero-order valence-electron chi connectivity index (χ0n) is 8.96. The predicted molar refractivity (Wildman–Crippen MR) is 53.8 cm³/mol. The molecule has 0 aromatic heterocycles. The third kappa shape index (κ3) is 4.06. The van der Waals surface area contributed by atoms with Crippen LogP contribution < -0.4 is 5.32 Å². The minimum atomic E-state index is -3.17. The van der Waals surface area contributed by atoms with E-state index in [0.29, 0.717) is 0 Å². The Bertz CT molecular complexity index is 294. The Kier molecular flexibility index (Phi) is 4.54. The van der Waals surface area contributed by atoms with E-state index < -0.39 is 14.6 Å². The fraction of sp³-hybridized carbons (Fsp3) is 0.875. The number of hydrogen-bond acceptors (Lipinski definition) is 4. The number of rotatable bonds is 5. The molecule has 0 aromatic rings. The minimum Gasteiger partial charge on any atom is -0.375 e. The third-order valence-electron chi connectivity index (χ3n) is 1.99. The summed E-state index contributed by atoms with van der Waals surface area (Å²) in [6.45, 7) is 3.17. The fourth-order valence-corrected chi connectivity index (χ4v) is 0.959. The normalized spacial score (nSPS) is 12.6. The molecule has 0 unspecified atom stereocenters. The molecule has 0 aliphatic carbocycles. The van der Waals surface area contributed by atoms with E-state index >= 15 is 0 Å². The van der Waals surface area contributed by atoms with Gasteiger partial charge in [0.2, 0.25) is 5.91 Å². The Labute approximate surface area is 84.7 Å². The van der Waals surface area contributed by atoms with Crippen molar-refractivity contribution in [2.45, 2.75) is 18.6 Å². The lowest BCUT2D eigenvalue weighted by Gasteiger charge is -2.22. The topological polar surface area (TPSA) is 72.5 Å². The number of nitrogens with one attached hydrogen (secondary N) is 1. The Morgan fingerprint density at radius 1 is 1.43 bits per heavy atom. The maximum atomic E-state index is 11.2. The summed E-state index contributed by atoms with van der Waals surface area (Å²) in [4.78, 5) is 11.0. The van der Waals surface area contributed by atoms with Crippen LogP contribution in [0.3, 0.4) is 0 Å². The summed E-state index contributed by atoms with van der Waals surface area (Å²) in [5.41, 5.74) is 0. The fourth-order valence-electron chi connectivity index (χ4n) is 0.625. The van der Waals surface area contributed by atoms with Gasteiger partial charge in [0.15, 0.2) is 9.84 Å².